The van der Waals surface area contributed by atoms with Crippen LogP contribution in [0.3, 0.4) is 0 Å². The van der Waals surface area contributed by atoms with E-state index in [0.29, 0.717) is 0 Å². The normalized spacial score (nSPS) is 11.1. The van der Waals surface area contributed by atoms with Crippen molar-refractivity contribution >= 4 is 27.7 Å². The van der Waals surface area contributed by atoms with Crippen LogP contribution in [0, 0.1) is 6.92 Å². The zero-order chi connectivity index (χ0) is 14.5. The second-order valence-electron chi connectivity index (χ2n) is 4.41. The van der Waals surface area contributed by atoms with Crippen molar-refractivity contribution in [2.75, 3.05) is 14.2 Å². The van der Waals surface area contributed by atoms with Gasteiger partial charge in [0.15, 0.2) is 6.29 Å². The van der Waals surface area contributed by atoms with E-state index in [4.69, 9.17) is 9.47 Å². The molecule has 2 nitrogen and oxygen atoms in total. The number of aryl methyl sites for hydroxylation is 1. The van der Waals surface area contributed by atoms with Gasteiger partial charge in [-0.2, -0.15) is 0 Å². The zero-order valence-electron chi connectivity index (χ0n) is 11.7. The van der Waals surface area contributed by atoms with Gasteiger partial charge in [-0.15, -0.1) is 0 Å². The van der Waals surface area contributed by atoms with Gasteiger partial charge in [-0.3, -0.25) is 0 Å². The van der Waals surface area contributed by atoms with E-state index in [1.807, 2.05) is 12.1 Å². The summed E-state index contributed by atoms with van der Waals surface area (Å²) >= 11 is 5.34. The van der Waals surface area contributed by atoms with Crippen molar-refractivity contribution < 1.29 is 9.47 Å². The molecule has 0 amide bonds. The van der Waals surface area contributed by atoms with E-state index in [-0.39, 0.29) is 6.29 Å². The van der Waals surface area contributed by atoms with Gasteiger partial charge in [0.05, 0.1) is 0 Å². The Kier molecular flexibility index (Phi) is 5.66. The quantitative estimate of drug-likeness (QED) is 0.689. The number of hydrogen-bond donors (Lipinski definition) is 0. The maximum atomic E-state index is 5.26. The fraction of sp³-hybridized carbons (Fsp3) is 0.250. The molecule has 0 fully saturated rings. The molecule has 0 atom stereocenters. The van der Waals surface area contributed by atoms with Gasteiger partial charge in [-0.05, 0) is 47.1 Å². The van der Waals surface area contributed by atoms with Crippen LogP contribution in [0.25, 0.3) is 0 Å². The van der Waals surface area contributed by atoms with Crippen molar-refractivity contribution in [2.45, 2.75) is 23.0 Å². The third kappa shape index (κ3) is 3.85. The molecular formula is C16H17BrO2S. The molecular weight excluding hydrogens is 336 g/mol. The molecule has 0 aliphatic carbocycles. The van der Waals surface area contributed by atoms with Crippen LogP contribution in [0.2, 0.25) is 0 Å². The molecule has 4 heteroatoms. The highest BCUT2D eigenvalue weighted by atomic mass is 79.9. The number of halogens is 1. The molecule has 2 rings (SSSR count). The molecule has 106 valence electrons. The molecule has 0 saturated carbocycles. The van der Waals surface area contributed by atoms with Gasteiger partial charge in [0.2, 0.25) is 0 Å². The first-order valence-electron chi connectivity index (χ1n) is 6.23. The lowest BCUT2D eigenvalue weighted by atomic mass is 10.2. The Bertz CT molecular complexity index is 565. The van der Waals surface area contributed by atoms with E-state index in [1.54, 1.807) is 26.0 Å². The molecule has 2 aromatic carbocycles. The standard InChI is InChI=1S/C16H17BrO2S/c1-11-4-7-13(8-5-11)20-15-9-6-12(10-14(15)17)16(18-2)19-3/h4-10,16H,1-3H3. The first-order chi connectivity index (χ1) is 9.63. The van der Waals surface area contributed by atoms with Crippen molar-refractivity contribution in [3.8, 4) is 0 Å². The van der Waals surface area contributed by atoms with Gasteiger partial charge in [0.1, 0.15) is 0 Å². The minimum atomic E-state index is -0.329. The summed E-state index contributed by atoms with van der Waals surface area (Å²) in [7, 11) is 3.27. The Labute approximate surface area is 132 Å². The first kappa shape index (κ1) is 15.6. The summed E-state index contributed by atoms with van der Waals surface area (Å²) < 4.78 is 11.6. The largest absolute Gasteiger partial charge is 0.352 e. The van der Waals surface area contributed by atoms with E-state index in [2.05, 4.69) is 53.2 Å². The average Bonchev–Trinajstić information content (AvgIpc) is 2.45. The molecule has 0 spiro atoms. The van der Waals surface area contributed by atoms with Gasteiger partial charge in [0.25, 0.3) is 0 Å². The van der Waals surface area contributed by atoms with Crippen molar-refractivity contribution in [1.29, 1.82) is 0 Å². The third-order valence-electron chi connectivity index (χ3n) is 2.91. The predicted molar refractivity (Wildman–Crippen MR) is 86.2 cm³/mol. The lowest BCUT2D eigenvalue weighted by Gasteiger charge is -2.15. The van der Waals surface area contributed by atoms with E-state index in [9.17, 15) is 0 Å². The molecule has 20 heavy (non-hydrogen) atoms. The average molecular weight is 353 g/mol. The molecule has 0 heterocycles. The lowest BCUT2D eigenvalue weighted by Crippen LogP contribution is -2.03. The van der Waals surface area contributed by atoms with Gasteiger partial charge < -0.3 is 9.47 Å². The summed E-state index contributed by atoms with van der Waals surface area (Å²) in [5, 5.41) is 0. The summed E-state index contributed by atoms with van der Waals surface area (Å²) in [5.41, 5.74) is 2.27. The van der Waals surface area contributed by atoms with Crippen LogP contribution in [0.5, 0.6) is 0 Å². The summed E-state index contributed by atoms with van der Waals surface area (Å²) in [6.45, 7) is 2.09. The number of hydrogen-bond acceptors (Lipinski definition) is 3. The van der Waals surface area contributed by atoms with Crippen LogP contribution in [-0.4, -0.2) is 14.2 Å². The molecule has 0 bridgehead atoms. The molecule has 0 aromatic heterocycles. The zero-order valence-corrected chi connectivity index (χ0v) is 14.1. The summed E-state index contributed by atoms with van der Waals surface area (Å²) in [4.78, 5) is 2.39. The molecule has 0 saturated heterocycles. The highest BCUT2D eigenvalue weighted by molar-refractivity contribution is 9.10. The second kappa shape index (κ2) is 7.27. The van der Waals surface area contributed by atoms with Crippen LogP contribution >= 0.6 is 27.7 Å². The Morgan fingerprint density at radius 2 is 1.65 bits per heavy atom. The maximum absolute atomic E-state index is 5.26. The Hall–Kier alpha value is -0.810. The maximum Gasteiger partial charge on any atom is 0.183 e. The van der Waals surface area contributed by atoms with Crippen LogP contribution < -0.4 is 0 Å². The molecule has 0 radical (unpaired) electrons. The summed E-state index contributed by atoms with van der Waals surface area (Å²) in [5.74, 6) is 0. The van der Waals surface area contributed by atoms with Crippen LogP contribution in [0.4, 0.5) is 0 Å². The monoisotopic (exact) mass is 352 g/mol. The van der Waals surface area contributed by atoms with Gasteiger partial charge >= 0.3 is 0 Å². The van der Waals surface area contributed by atoms with Crippen molar-refractivity contribution in [1.82, 2.24) is 0 Å². The fourth-order valence-electron chi connectivity index (χ4n) is 1.85. The van der Waals surface area contributed by atoms with E-state index in [1.165, 1.54) is 15.4 Å². The van der Waals surface area contributed by atoms with Gasteiger partial charge in [-0.25, -0.2) is 0 Å². The minimum absolute atomic E-state index is 0.329. The Morgan fingerprint density at radius 1 is 1.00 bits per heavy atom. The number of rotatable bonds is 5. The third-order valence-corrected chi connectivity index (χ3v) is 4.91. The summed E-state index contributed by atoms with van der Waals surface area (Å²) in [6.07, 6.45) is -0.329. The van der Waals surface area contributed by atoms with E-state index < -0.39 is 0 Å². The molecule has 2 aromatic rings. The Morgan fingerprint density at radius 3 is 2.20 bits per heavy atom. The smallest absolute Gasteiger partial charge is 0.183 e. The second-order valence-corrected chi connectivity index (χ2v) is 6.38. The van der Waals surface area contributed by atoms with E-state index >= 15 is 0 Å². The number of ether oxygens (including phenoxy) is 2. The van der Waals surface area contributed by atoms with Crippen molar-refractivity contribution in [2.24, 2.45) is 0 Å². The molecule has 0 N–H and O–H groups in total. The van der Waals surface area contributed by atoms with Crippen LogP contribution in [-0.2, 0) is 9.47 Å². The first-order valence-corrected chi connectivity index (χ1v) is 7.84. The SMILES string of the molecule is COC(OC)c1ccc(Sc2ccc(C)cc2)c(Br)c1. The number of benzene rings is 2. The number of methoxy groups -OCH3 is 2. The van der Waals surface area contributed by atoms with Crippen molar-refractivity contribution in [3.05, 3.63) is 58.1 Å². The predicted octanol–water partition coefficient (Wildman–Crippen LogP) is 5.20. The topological polar surface area (TPSA) is 18.5 Å². The molecule has 0 aliphatic heterocycles. The van der Waals surface area contributed by atoms with Crippen LogP contribution in [0.1, 0.15) is 17.4 Å². The van der Waals surface area contributed by atoms with Crippen molar-refractivity contribution in [3.63, 3.8) is 0 Å². The van der Waals surface area contributed by atoms with E-state index in [0.717, 1.165) is 10.0 Å². The minimum Gasteiger partial charge on any atom is -0.352 e. The fourth-order valence-corrected chi connectivity index (χ4v) is 3.31. The highest BCUT2D eigenvalue weighted by Gasteiger charge is 2.11. The summed E-state index contributed by atoms with van der Waals surface area (Å²) in [6, 6.07) is 14.6. The lowest BCUT2D eigenvalue weighted by molar-refractivity contribution is -0.106. The highest BCUT2D eigenvalue weighted by Crippen LogP contribution is 2.35. The molecule has 0 aliphatic rings. The Balaban J connectivity index is 2.19. The molecule has 0 unspecified atom stereocenters. The van der Waals surface area contributed by atoms with Crippen LogP contribution in [0.15, 0.2) is 56.7 Å². The van der Waals surface area contributed by atoms with Gasteiger partial charge in [-0.1, -0.05) is 35.5 Å². The van der Waals surface area contributed by atoms with Gasteiger partial charge in [0, 0.05) is 34.0 Å².